The topological polar surface area (TPSA) is 211 Å². The molecule has 0 spiro atoms. The first-order valence-electron chi connectivity index (χ1n) is 10.7. The minimum atomic E-state index is -1.54. The Hall–Kier alpha value is -3.22. The van der Waals surface area contributed by atoms with E-state index in [0.717, 1.165) is 6.42 Å². The average Bonchev–Trinajstić information content (AvgIpc) is 3.26. The first-order chi connectivity index (χ1) is 15.4. The van der Waals surface area contributed by atoms with Gasteiger partial charge in [-0.1, -0.05) is 13.8 Å². The van der Waals surface area contributed by atoms with Gasteiger partial charge in [-0.15, -0.1) is 0 Å². The van der Waals surface area contributed by atoms with Gasteiger partial charge in [0.2, 0.25) is 17.7 Å². The molecule has 13 nitrogen and oxygen atoms in total. The van der Waals surface area contributed by atoms with Crippen LogP contribution in [0.2, 0.25) is 0 Å². The van der Waals surface area contributed by atoms with Crippen LogP contribution in [0.3, 0.4) is 0 Å². The van der Waals surface area contributed by atoms with E-state index in [9.17, 15) is 33.9 Å². The van der Waals surface area contributed by atoms with Crippen molar-refractivity contribution in [2.75, 3.05) is 6.54 Å². The Kier molecular flexibility index (Phi) is 11.3. The summed E-state index contributed by atoms with van der Waals surface area (Å²) in [6, 6.07) is -4.38. The molecular weight excluding hydrogens is 440 g/mol. The van der Waals surface area contributed by atoms with Gasteiger partial charge in [-0.25, -0.2) is 4.79 Å². The first kappa shape index (κ1) is 27.8. The molecule has 4 atom stereocenters. The first-order valence-corrected chi connectivity index (χ1v) is 10.7. The van der Waals surface area contributed by atoms with Gasteiger partial charge in [0.15, 0.2) is 0 Å². The molecular formula is C20H32N4O9. The quantitative estimate of drug-likeness (QED) is 0.158. The lowest BCUT2D eigenvalue weighted by Gasteiger charge is -2.26. The molecule has 0 aromatic heterocycles. The lowest BCUT2D eigenvalue weighted by molar-refractivity contribution is -0.144. The summed E-state index contributed by atoms with van der Waals surface area (Å²) in [7, 11) is 0. The molecule has 3 amide bonds. The van der Waals surface area contributed by atoms with Gasteiger partial charge in [0.1, 0.15) is 18.1 Å². The highest BCUT2D eigenvalue weighted by atomic mass is 16.4. The van der Waals surface area contributed by atoms with E-state index in [0.29, 0.717) is 13.0 Å². The van der Waals surface area contributed by atoms with E-state index in [2.05, 4.69) is 21.3 Å². The van der Waals surface area contributed by atoms with E-state index in [4.69, 9.17) is 10.2 Å². The van der Waals surface area contributed by atoms with Gasteiger partial charge in [0.05, 0.1) is 6.04 Å². The fourth-order valence-corrected chi connectivity index (χ4v) is 3.29. The minimum Gasteiger partial charge on any atom is -0.481 e. The van der Waals surface area contributed by atoms with Crippen LogP contribution in [0, 0.1) is 5.92 Å². The Morgan fingerprint density at radius 1 is 0.848 bits per heavy atom. The van der Waals surface area contributed by atoms with Crippen molar-refractivity contribution in [3.05, 3.63) is 0 Å². The van der Waals surface area contributed by atoms with Crippen molar-refractivity contribution < 1.29 is 44.1 Å². The molecule has 186 valence electrons. The molecule has 13 heteroatoms. The van der Waals surface area contributed by atoms with Gasteiger partial charge in [-0.2, -0.15) is 0 Å². The normalized spacial score (nSPS) is 18.1. The number of aliphatic carboxylic acids is 3. The smallest absolute Gasteiger partial charge is 0.326 e. The van der Waals surface area contributed by atoms with E-state index in [1.54, 1.807) is 13.8 Å². The van der Waals surface area contributed by atoms with E-state index in [1.807, 2.05) is 0 Å². The van der Waals surface area contributed by atoms with Crippen LogP contribution in [0.4, 0.5) is 0 Å². The van der Waals surface area contributed by atoms with Gasteiger partial charge < -0.3 is 36.6 Å². The summed E-state index contributed by atoms with van der Waals surface area (Å²) in [5, 5.41) is 37.1. The number of hydrogen-bond donors (Lipinski definition) is 7. The highest BCUT2D eigenvalue weighted by Gasteiger charge is 2.33. The van der Waals surface area contributed by atoms with Crippen molar-refractivity contribution >= 4 is 35.6 Å². The maximum absolute atomic E-state index is 12.9. The Morgan fingerprint density at radius 3 is 1.85 bits per heavy atom. The summed E-state index contributed by atoms with van der Waals surface area (Å²) < 4.78 is 0. The van der Waals surface area contributed by atoms with Gasteiger partial charge >= 0.3 is 17.9 Å². The molecule has 1 aliphatic heterocycles. The second-order valence-electron chi connectivity index (χ2n) is 8.20. The standard InChI is InChI=1S/C20H32N4O9/c1-10(2)16(24-17(29)11-4-3-9-21-11)19(31)22-12(5-7-14(25)26)18(30)23-13(20(32)33)6-8-15(27)28/h10-13,16,21H,3-9H2,1-2H3,(H,22,31)(H,23,30)(H,24,29)(H,25,26)(H,27,28)(H,32,33). The third-order valence-electron chi connectivity index (χ3n) is 5.17. The van der Waals surface area contributed by atoms with Crippen molar-refractivity contribution in [1.29, 1.82) is 0 Å². The van der Waals surface area contributed by atoms with Gasteiger partial charge in [0, 0.05) is 12.8 Å². The number of hydrogen-bond acceptors (Lipinski definition) is 7. The summed E-state index contributed by atoms with van der Waals surface area (Å²) in [6.45, 7) is 4.05. The Morgan fingerprint density at radius 2 is 1.39 bits per heavy atom. The fourth-order valence-electron chi connectivity index (χ4n) is 3.29. The minimum absolute atomic E-state index is 0.332. The van der Waals surface area contributed by atoms with Gasteiger partial charge in [-0.05, 0) is 38.1 Å². The number of amides is 3. The summed E-state index contributed by atoms with van der Waals surface area (Å²) >= 11 is 0. The lowest BCUT2D eigenvalue weighted by Crippen LogP contribution is -2.58. The van der Waals surface area contributed by atoms with Gasteiger partial charge in [0.25, 0.3) is 0 Å². The predicted octanol–water partition coefficient (Wildman–Crippen LogP) is -1.34. The summed E-state index contributed by atoms with van der Waals surface area (Å²) in [4.78, 5) is 71.0. The van der Waals surface area contributed by atoms with Crippen LogP contribution in [0.15, 0.2) is 0 Å². The van der Waals surface area contributed by atoms with Crippen LogP contribution in [0.1, 0.15) is 52.4 Å². The highest BCUT2D eigenvalue weighted by molar-refractivity contribution is 5.94. The van der Waals surface area contributed by atoms with Crippen molar-refractivity contribution in [2.24, 2.45) is 5.92 Å². The van der Waals surface area contributed by atoms with E-state index in [-0.39, 0.29) is 18.2 Å². The second-order valence-corrected chi connectivity index (χ2v) is 8.20. The third kappa shape index (κ3) is 9.85. The largest absolute Gasteiger partial charge is 0.481 e. The third-order valence-corrected chi connectivity index (χ3v) is 5.17. The van der Waals surface area contributed by atoms with Crippen molar-refractivity contribution in [3.63, 3.8) is 0 Å². The second kappa shape index (κ2) is 13.4. The van der Waals surface area contributed by atoms with E-state index < -0.39 is 73.2 Å². The summed E-state index contributed by atoms with van der Waals surface area (Å²) in [5.74, 6) is -6.37. The molecule has 0 bridgehead atoms. The molecule has 0 saturated carbocycles. The zero-order valence-corrected chi connectivity index (χ0v) is 18.6. The number of rotatable bonds is 14. The lowest BCUT2D eigenvalue weighted by atomic mass is 10.0. The Bertz CT molecular complexity index is 750. The van der Waals surface area contributed by atoms with Crippen LogP contribution in [0.5, 0.6) is 0 Å². The number of nitrogens with one attached hydrogen (secondary N) is 4. The number of carboxylic acid groups (broad SMARTS) is 3. The molecule has 4 unspecified atom stereocenters. The maximum Gasteiger partial charge on any atom is 0.326 e. The number of carboxylic acids is 3. The van der Waals surface area contributed by atoms with E-state index in [1.165, 1.54) is 0 Å². The molecule has 0 aliphatic carbocycles. The molecule has 1 saturated heterocycles. The molecule has 1 aliphatic rings. The summed E-state index contributed by atoms with van der Waals surface area (Å²) in [5.41, 5.74) is 0. The van der Waals surface area contributed by atoms with Gasteiger partial charge in [-0.3, -0.25) is 24.0 Å². The molecule has 33 heavy (non-hydrogen) atoms. The predicted molar refractivity (Wildman–Crippen MR) is 113 cm³/mol. The van der Waals surface area contributed by atoms with Crippen LogP contribution >= 0.6 is 0 Å². The maximum atomic E-state index is 12.9. The SMILES string of the molecule is CC(C)C(NC(=O)C1CCCN1)C(=O)NC(CCC(=O)O)C(=O)NC(CCC(=O)O)C(=O)O. The molecule has 0 aromatic carbocycles. The molecule has 1 fully saturated rings. The van der Waals surface area contributed by atoms with E-state index >= 15 is 0 Å². The van der Waals surface area contributed by atoms with Crippen LogP contribution in [-0.4, -0.2) is 81.7 Å². The number of carbonyl (C=O) groups is 6. The molecule has 0 aromatic rings. The zero-order chi connectivity index (χ0) is 25.1. The average molecular weight is 472 g/mol. The Balaban J connectivity index is 2.91. The molecule has 0 radical (unpaired) electrons. The Labute approximate surface area is 190 Å². The van der Waals surface area contributed by atoms with Crippen LogP contribution in [0.25, 0.3) is 0 Å². The highest BCUT2D eigenvalue weighted by Crippen LogP contribution is 2.09. The van der Waals surface area contributed by atoms with Crippen molar-refractivity contribution in [2.45, 2.75) is 76.5 Å². The van der Waals surface area contributed by atoms with Crippen LogP contribution in [-0.2, 0) is 28.8 Å². The zero-order valence-electron chi connectivity index (χ0n) is 18.6. The monoisotopic (exact) mass is 472 g/mol. The molecule has 7 N–H and O–H groups in total. The van der Waals surface area contributed by atoms with Crippen LogP contribution < -0.4 is 21.3 Å². The summed E-state index contributed by atoms with van der Waals surface area (Å²) in [6.07, 6.45) is -0.290. The van der Waals surface area contributed by atoms with Crippen molar-refractivity contribution in [3.8, 4) is 0 Å². The molecule has 1 rings (SSSR count). The molecule has 1 heterocycles. The number of carbonyl (C=O) groups excluding carboxylic acids is 3. The van der Waals surface area contributed by atoms with Crippen molar-refractivity contribution in [1.82, 2.24) is 21.3 Å². The fraction of sp³-hybridized carbons (Fsp3) is 0.700.